The van der Waals surface area contributed by atoms with Gasteiger partial charge in [-0.05, 0) is 47.5 Å². The molecule has 3 heterocycles. The lowest BCUT2D eigenvalue weighted by atomic mass is 10.0. The average Bonchev–Trinajstić information content (AvgIpc) is 2.87. The summed E-state index contributed by atoms with van der Waals surface area (Å²) in [6.45, 7) is 0.491. The predicted octanol–water partition coefficient (Wildman–Crippen LogP) is 5.03. The molecule has 1 unspecified atom stereocenters. The van der Waals surface area contributed by atoms with Crippen molar-refractivity contribution in [2.24, 2.45) is 0 Å². The van der Waals surface area contributed by atoms with Crippen molar-refractivity contribution in [3.63, 3.8) is 0 Å². The zero-order chi connectivity index (χ0) is 27.0. The fourth-order valence-electron chi connectivity index (χ4n) is 4.37. The third-order valence-electron chi connectivity index (χ3n) is 6.06. The highest BCUT2D eigenvalue weighted by molar-refractivity contribution is 7.84. The Labute approximate surface area is 223 Å². The number of rotatable bonds is 6. The monoisotopic (exact) mass is 560 g/mol. The van der Waals surface area contributed by atoms with E-state index in [4.69, 9.17) is 16.3 Å². The molecule has 4 aromatic rings. The first-order valence-corrected chi connectivity index (χ1v) is 12.9. The number of nitrogens with one attached hydrogen (secondary N) is 1. The van der Waals surface area contributed by atoms with E-state index in [1.807, 2.05) is 0 Å². The Bertz CT molecular complexity index is 1610. The van der Waals surface area contributed by atoms with Crippen molar-refractivity contribution in [1.29, 1.82) is 0 Å². The van der Waals surface area contributed by atoms with Gasteiger partial charge in [0.1, 0.15) is 23.2 Å². The molecule has 0 radical (unpaired) electrons. The highest BCUT2D eigenvalue weighted by Crippen LogP contribution is 2.35. The molecule has 0 fully saturated rings. The highest BCUT2D eigenvalue weighted by atomic mass is 35.5. The van der Waals surface area contributed by atoms with Gasteiger partial charge >= 0.3 is 0 Å². The van der Waals surface area contributed by atoms with Crippen molar-refractivity contribution in [1.82, 2.24) is 13.9 Å². The Kier molecular flexibility index (Phi) is 7.24. The summed E-state index contributed by atoms with van der Waals surface area (Å²) < 4.78 is 66.6. The maximum atomic E-state index is 15.3. The van der Waals surface area contributed by atoms with Gasteiger partial charge in [-0.15, -0.1) is 0 Å². The van der Waals surface area contributed by atoms with E-state index in [1.54, 1.807) is 10.4 Å². The first-order chi connectivity index (χ1) is 18.2. The quantitative estimate of drug-likeness (QED) is 0.336. The maximum Gasteiger partial charge on any atom is 0.255 e. The molecule has 1 aliphatic heterocycles. The SMILES string of the molecule is COc1cc(-c2cc(F)cc(Cl)c2)c(F)cc1-n1c2c(ccc1=O)CN(S(=O)Nc1cccc(F)n1)CC2. The van der Waals surface area contributed by atoms with Crippen LogP contribution in [0.15, 0.2) is 65.5 Å². The zero-order valence-corrected chi connectivity index (χ0v) is 21.5. The lowest BCUT2D eigenvalue weighted by Gasteiger charge is -2.29. The van der Waals surface area contributed by atoms with Gasteiger partial charge in [-0.2, -0.15) is 4.39 Å². The van der Waals surface area contributed by atoms with E-state index in [0.717, 1.165) is 18.2 Å². The standard InChI is InChI=1S/C26H20ClF3N4O3S/c1-37-23-12-19(16-9-17(27)11-18(28)10-16)20(29)13-22(23)34-21-7-8-33(14-15(21)5-6-26(34)35)38(36)32-25-4-2-3-24(30)31-25/h2-6,9-13H,7-8,14H2,1H3,(H,31,32). The van der Waals surface area contributed by atoms with E-state index in [2.05, 4.69) is 9.71 Å². The van der Waals surface area contributed by atoms with Crippen LogP contribution in [0.5, 0.6) is 5.75 Å². The fraction of sp³-hybridized carbons (Fsp3) is 0.154. The molecule has 5 rings (SSSR count). The molecular weight excluding hydrogens is 541 g/mol. The van der Waals surface area contributed by atoms with E-state index in [1.165, 1.54) is 48.1 Å². The number of methoxy groups -OCH3 is 1. The van der Waals surface area contributed by atoms with Crippen LogP contribution in [0.3, 0.4) is 0 Å². The smallest absolute Gasteiger partial charge is 0.255 e. The maximum absolute atomic E-state index is 15.3. The first kappa shape index (κ1) is 26.0. The van der Waals surface area contributed by atoms with Gasteiger partial charge in [0, 0.05) is 47.9 Å². The summed E-state index contributed by atoms with van der Waals surface area (Å²) >= 11 is 4.22. The Morgan fingerprint density at radius 2 is 1.89 bits per heavy atom. The largest absolute Gasteiger partial charge is 0.495 e. The Morgan fingerprint density at radius 3 is 2.63 bits per heavy atom. The Balaban J connectivity index is 1.50. The third-order valence-corrected chi connectivity index (χ3v) is 7.44. The second kappa shape index (κ2) is 10.6. The highest BCUT2D eigenvalue weighted by Gasteiger charge is 2.26. The molecule has 1 atom stereocenters. The van der Waals surface area contributed by atoms with Crippen LogP contribution in [0, 0.1) is 17.6 Å². The predicted molar refractivity (Wildman–Crippen MR) is 139 cm³/mol. The lowest BCUT2D eigenvalue weighted by Crippen LogP contribution is -2.38. The molecule has 1 aliphatic rings. The molecule has 0 saturated heterocycles. The Morgan fingerprint density at radius 1 is 1.08 bits per heavy atom. The van der Waals surface area contributed by atoms with Crippen LogP contribution < -0.4 is 15.0 Å². The second-order valence-corrected chi connectivity index (χ2v) is 10.1. The van der Waals surface area contributed by atoms with Gasteiger partial charge in [0.05, 0.1) is 12.8 Å². The molecule has 7 nitrogen and oxygen atoms in total. The van der Waals surface area contributed by atoms with Crippen molar-refractivity contribution < 1.29 is 22.1 Å². The van der Waals surface area contributed by atoms with Crippen LogP contribution in [0.25, 0.3) is 16.8 Å². The van der Waals surface area contributed by atoms with E-state index >= 15 is 4.39 Å². The van der Waals surface area contributed by atoms with E-state index in [9.17, 15) is 17.8 Å². The number of nitrogens with zero attached hydrogens (tertiary/aromatic N) is 3. The van der Waals surface area contributed by atoms with Crippen LogP contribution in [-0.2, 0) is 24.1 Å². The van der Waals surface area contributed by atoms with Gasteiger partial charge in [-0.1, -0.05) is 23.7 Å². The van der Waals surface area contributed by atoms with Crippen molar-refractivity contribution in [2.75, 3.05) is 18.4 Å². The van der Waals surface area contributed by atoms with Crippen molar-refractivity contribution in [3.05, 3.63) is 105 Å². The number of anilines is 1. The number of halogens is 4. The number of hydrogen-bond donors (Lipinski definition) is 1. The van der Waals surface area contributed by atoms with Crippen molar-refractivity contribution in [3.8, 4) is 22.6 Å². The summed E-state index contributed by atoms with van der Waals surface area (Å²) in [5, 5.41) is 0.111. The number of hydrogen-bond acceptors (Lipinski definition) is 4. The summed E-state index contributed by atoms with van der Waals surface area (Å²) in [5.74, 6) is -1.70. The molecule has 12 heteroatoms. The Hall–Kier alpha value is -3.67. The molecule has 196 valence electrons. The molecule has 2 aromatic heterocycles. The number of aromatic nitrogens is 2. The van der Waals surface area contributed by atoms with Crippen LogP contribution in [0.4, 0.5) is 19.0 Å². The van der Waals surface area contributed by atoms with Crippen LogP contribution in [-0.4, -0.2) is 31.7 Å². The van der Waals surface area contributed by atoms with Crippen LogP contribution in [0.1, 0.15) is 11.3 Å². The molecule has 0 bridgehead atoms. The molecule has 0 spiro atoms. The molecular formula is C26H20ClF3N4O3S. The minimum absolute atomic E-state index is 0.0588. The summed E-state index contributed by atoms with van der Waals surface area (Å²) in [6, 6.07) is 13.4. The number of ether oxygens (including phenoxy) is 1. The zero-order valence-electron chi connectivity index (χ0n) is 19.9. The van der Waals surface area contributed by atoms with Gasteiger partial charge in [0.2, 0.25) is 5.95 Å². The van der Waals surface area contributed by atoms with Crippen molar-refractivity contribution in [2.45, 2.75) is 13.0 Å². The van der Waals surface area contributed by atoms with Crippen LogP contribution >= 0.6 is 11.6 Å². The third kappa shape index (κ3) is 5.17. The molecule has 0 aliphatic carbocycles. The van der Waals surface area contributed by atoms with E-state index < -0.39 is 34.3 Å². The molecule has 2 aromatic carbocycles. The van der Waals surface area contributed by atoms with Gasteiger partial charge in [-0.3, -0.25) is 14.1 Å². The van der Waals surface area contributed by atoms with Gasteiger partial charge < -0.3 is 4.74 Å². The molecule has 0 saturated carbocycles. The molecule has 0 amide bonds. The summed E-state index contributed by atoms with van der Waals surface area (Å²) in [6.07, 6.45) is 0.307. The normalized spacial score (nSPS) is 14.1. The lowest BCUT2D eigenvalue weighted by molar-refractivity contribution is 0.403. The number of fused-ring (bicyclic) bond motifs is 1. The van der Waals surface area contributed by atoms with Gasteiger partial charge in [0.25, 0.3) is 5.56 Å². The molecule has 1 N–H and O–H groups in total. The number of benzene rings is 2. The average molecular weight is 561 g/mol. The minimum Gasteiger partial charge on any atom is -0.495 e. The van der Waals surface area contributed by atoms with E-state index in [-0.39, 0.29) is 46.5 Å². The van der Waals surface area contributed by atoms with Gasteiger partial charge in [-0.25, -0.2) is 22.3 Å². The number of pyridine rings is 2. The summed E-state index contributed by atoms with van der Waals surface area (Å²) in [5.41, 5.74) is 1.35. The summed E-state index contributed by atoms with van der Waals surface area (Å²) in [4.78, 5) is 16.7. The minimum atomic E-state index is -1.73. The van der Waals surface area contributed by atoms with E-state index in [0.29, 0.717) is 17.7 Å². The van der Waals surface area contributed by atoms with Gasteiger partial charge in [0.15, 0.2) is 11.2 Å². The first-order valence-electron chi connectivity index (χ1n) is 11.4. The van der Waals surface area contributed by atoms with Crippen LogP contribution in [0.2, 0.25) is 5.02 Å². The second-order valence-electron chi connectivity index (χ2n) is 8.45. The fourth-order valence-corrected chi connectivity index (χ4v) is 5.53. The van der Waals surface area contributed by atoms with Crippen molar-refractivity contribution >= 4 is 28.6 Å². The topological polar surface area (TPSA) is 76.5 Å². The molecule has 38 heavy (non-hydrogen) atoms. The summed E-state index contributed by atoms with van der Waals surface area (Å²) in [7, 11) is 1.39.